The number of carboxylic acid groups (broad SMARTS) is 1. The maximum absolute atomic E-state index is 13.0. The molecule has 14 heteroatoms. The molecule has 0 radical (unpaired) electrons. The molecule has 0 saturated heterocycles. The van der Waals surface area contributed by atoms with Crippen LogP contribution in [0.1, 0.15) is 59.1 Å². The van der Waals surface area contributed by atoms with E-state index in [1.54, 1.807) is 16.7 Å². The Morgan fingerprint density at radius 3 is 2.43 bits per heavy atom. The Morgan fingerprint density at radius 2 is 1.75 bits per heavy atom. The zero-order valence-corrected chi connectivity index (χ0v) is 30.9. The number of carbonyl (C=O) groups is 1. The number of hydrogen-bond acceptors (Lipinski definition) is 10. The Hall–Kier alpha value is -4.57. The molecule has 0 aliphatic heterocycles. The molecule has 53 heavy (non-hydrogen) atoms. The number of aromatic nitrogens is 3. The van der Waals surface area contributed by atoms with Crippen molar-refractivity contribution in [3.05, 3.63) is 119 Å². The van der Waals surface area contributed by atoms with Gasteiger partial charge in [-0.05, 0) is 104 Å². The lowest BCUT2D eigenvalue weighted by molar-refractivity contribution is -0.170. The normalized spacial score (nSPS) is 17.2. The summed E-state index contributed by atoms with van der Waals surface area (Å²) in [5.74, 6) is -1.04. The van der Waals surface area contributed by atoms with Crippen molar-refractivity contribution in [3.63, 3.8) is 0 Å². The van der Waals surface area contributed by atoms with E-state index in [4.69, 9.17) is 4.74 Å². The van der Waals surface area contributed by atoms with E-state index in [2.05, 4.69) is 27.2 Å². The molecule has 0 amide bonds. The summed E-state index contributed by atoms with van der Waals surface area (Å²) in [6, 6.07) is 19.7. The number of H-pyrrole nitrogens is 2. The summed E-state index contributed by atoms with van der Waals surface area (Å²) in [5.41, 5.74) is 1.43. The molecular formula is C39H43N5O7S2. The zero-order valence-electron chi connectivity index (χ0n) is 29.3. The quantitative estimate of drug-likeness (QED) is 0.0791. The lowest BCUT2D eigenvalue weighted by Gasteiger charge is -2.38. The number of phenols is 1. The smallest absolute Gasteiger partial charge is 0.347 e. The number of aliphatic carboxylic acids is 1. The van der Waals surface area contributed by atoms with Gasteiger partial charge in [0.25, 0.3) is 0 Å². The van der Waals surface area contributed by atoms with Crippen molar-refractivity contribution >= 4 is 50.6 Å². The van der Waals surface area contributed by atoms with Crippen molar-refractivity contribution in [1.29, 1.82) is 0 Å². The van der Waals surface area contributed by atoms with Crippen molar-refractivity contribution in [3.8, 4) is 5.75 Å². The van der Waals surface area contributed by atoms with E-state index in [-0.39, 0.29) is 35.2 Å². The van der Waals surface area contributed by atoms with Gasteiger partial charge in [-0.15, -0.1) is 22.7 Å². The molecule has 278 valence electrons. The third kappa shape index (κ3) is 7.61. The number of aryl methyl sites for hydroxylation is 1. The van der Waals surface area contributed by atoms with Crippen molar-refractivity contribution in [2.75, 3.05) is 20.1 Å². The van der Waals surface area contributed by atoms with Crippen LogP contribution in [0.4, 0.5) is 0 Å². The summed E-state index contributed by atoms with van der Waals surface area (Å²) in [4.78, 5) is 46.8. The van der Waals surface area contributed by atoms with Gasteiger partial charge in [0, 0.05) is 37.1 Å². The number of thiophene rings is 2. The largest absolute Gasteiger partial charge is 0.506 e. The van der Waals surface area contributed by atoms with Crippen LogP contribution in [0.5, 0.6) is 5.75 Å². The Labute approximate surface area is 313 Å². The Balaban J connectivity index is 0.904. The molecule has 6 N–H and O–H groups in total. The third-order valence-electron chi connectivity index (χ3n) is 10.3. The van der Waals surface area contributed by atoms with E-state index >= 15 is 0 Å². The summed E-state index contributed by atoms with van der Waals surface area (Å²) in [6.07, 6.45) is 3.10. The second-order valence-corrected chi connectivity index (χ2v) is 15.6. The number of rotatable bonds is 15. The van der Waals surface area contributed by atoms with Gasteiger partial charge in [-0.3, -0.25) is 9.36 Å². The van der Waals surface area contributed by atoms with Crippen LogP contribution in [-0.2, 0) is 28.2 Å². The summed E-state index contributed by atoms with van der Waals surface area (Å²) in [6.45, 7) is 2.09. The van der Waals surface area contributed by atoms with Crippen LogP contribution in [-0.4, -0.2) is 73.0 Å². The average Bonchev–Trinajstić information content (AvgIpc) is 3.94. The van der Waals surface area contributed by atoms with Gasteiger partial charge >= 0.3 is 11.7 Å². The lowest BCUT2D eigenvalue weighted by atomic mass is 9.90. The average molecular weight is 758 g/mol. The number of aliphatic hydroxyl groups excluding tert-OH is 1. The predicted octanol–water partition coefficient (Wildman–Crippen LogP) is 5.50. The van der Waals surface area contributed by atoms with Crippen LogP contribution >= 0.6 is 22.7 Å². The number of nitrogens with one attached hydrogen (secondary N) is 3. The Morgan fingerprint density at radius 1 is 1.02 bits per heavy atom. The van der Waals surface area contributed by atoms with E-state index in [0.717, 1.165) is 55.2 Å². The number of nitrogens with zero attached hydrogens (tertiary/aromatic N) is 2. The van der Waals surface area contributed by atoms with Crippen molar-refractivity contribution in [2.24, 2.45) is 0 Å². The first-order valence-corrected chi connectivity index (χ1v) is 19.5. The molecule has 1 aliphatic carbocycles. The van der Waals surface area contributed by atoms with Crippen molar-refractivity contribution in [1.82, 2.24) is 24.8 Å². The van der Waals surface area contributed by atoms with Gasteiger partial charge in [-0.1, -0.05) is 24.3 Å². The number of phenolic OH excluding ortho intramolecular Hbond substituents is 1. The standard InChI is InChI=1S/C39H43N5O7S2/c1-43(25-8-10-26(11-9-25)51-39(37(48)49,33-5-2-19-52-33)34-6-3-20-53-34)17-4-18-44-30-14-7-24(21-29(30)41-38(44)50)22-40-23-32(46)27-12-15-31(45)36-28(27)13-16-35(47)42-36/h2-3,5-7,12-16,19-21,25-26,32,40,45-46H,4,8-11,17-18,22-23H2,1H3,(H,41,50)(H,42,47)(H,48,49)/t25-,26-,32-/m0/s1. The highest BCUT2D eigenvalue weighted by Crippen LogP contribution is 2.42. The molecule has 6 aromatic rings. The van der Waals surface area contributed by atoms with Gasteiger partial charge in [-0.25, -0.2) is 9.59 Å². The van der Waals surface area contributed by atoms with Crippen LogP contribution < -0.4 is 16.6 Å². The minimum absolute atomic E-state index is 0.0568. The predicted molar refractivity (Wildman–Crippen MR) is 207 cm³/mol. The topological polar surface area (TPSA) is 173 Å². The van der Waals surface area contributed by atoms with Crippen molar-refractivity contribution < 1.29 is 24.9 Å². The molecular weight excluding hydrogens is 715 g/mol. The number of ether oxygens (including phenoxy) is 1. The molecule has 0 spiro atoms. The minimum atomic E-state index is -1.49. The van der Waals surface area contributed by atoms with Crippen LogP contribution in [0.25, 0.3) is 21.9 Å². The number of benzene rings is 2. The van der Waals surface area contributed by atoms with E-state index in [0.29, 0.717) is 39.8 Å². The summed E-state index contributed by atoms with van der Waals surface area (Å²) >= 11 is 2.81. The number of aromatic hydroxyl groups is 1. The lowest BCUT2D eigenvalue weighted by Crippen LogP contribution is -2.44. The number of imidazole rings is 1. The molecule has 2 aromatic carbocycles. The monoisotopic (exact) mass is 757 g/mol. The molecule has 0 unspecified atom stereocenters. The number of pyridine rings is 1. The van der Waals surface area contributed by atoms with E-state index in [9.17, 15) is 29.7 Å². The second kappa shape index (κ2) is 15.8. The van der Waals surface area contributed by atoms with Gasteiger partial charge in [0.2, 0.25) is 11.2 Å². The molecule has 1 aliphatic rings. The Kier molecular flexibility index (Phi) is 11.0. The molecule has 4 heterocycles. The van der Waals surface area contributed by atoms with Crippen LogP contribution in [0.15, 0.2) is 87.1 Å². The van der Waals surface area contributed by atoms with Gasteiger partial charge in [-0.2, -0.15) is 0 Å². The summed E-state index contributed by atoms with van der Waals surface area (Å²) < 4.78 is 8.32. The highest BCUT2D eigenvalue weighted by atomic mass is 32.1. The van der Waals surface area contributed by atoms with Crippen LogP contribution in [0.2, 0.25) is 0 Å². The number of aromatic amines is 2. The molecule has 1 fully saturated rings. The van der Waals surface area contributed by atoms with Gasteiger partial charge < -0.3 is 40.2 Å². The van der Waals surface area contributed by atoms with Crippen LogP contribution in [0.3, 0.4) is 0 Å². The molecule has 1 saturated carbocycles. The minimum Gasteiger partial charge on any atom is -0.506 e. The first-order chi connectivity index (χ1) is 25.6. The van der Waals surface area contributed by atoms with Crippen molar-refractivity contribution in [2.45, 2.75) is 69.0 Å². The maximum Gasteiger partial charge on any atom is 0.347 e. The third-order valence-corrected chi connectivity index (χ3v) is 12.3. The molecule has 7 rings (SSSR count). The maximum atomic E-state index is 13.0. The first kappa shape index (κ1) is 36.8. The fourth-order valence-corrected chi connectivity index (χ4v) is 9.34. The van der Waals surface area contributed by atoms with Gasteiger partial charge in [0.15, 0.2) is 0 Å². The van der Waals surface area contributed by atoms with Gasteiger partial charge in [0.05, 0.1) is 38.5 Å². The van der Waals surface area contributed by atoms with E-state index in [1.807, 2.05) is 53.2 Å². The van der Waals surface area contributed by atoms with Crippen LogP contribution in [0, 0.1) is 0 Å². The SMILES string of the molecule is CN(CCCn1c(=O)[nH]c2cc(CNC[C@H](O)c3ccc(O)c4[nH]c(=O)ccc34)ccc21)[C@H]1CC[C@H](OC(C(=O)O)(c2cccs2)c2cccs2)CC1. The molecule has 12 nitrogen and oxygen atoms in total. The van der Waals surface area contributed by atoms with E-state index in [1.165, 1.54) is 34.8 Å². The zero-order chi connectivity index (χ0) is 37.1. The number of hydrogen-bond donors (Lipinski definition) is 6. The molecule has 4 aromatic heterocycles. The Bertz CT molecular complexity index is 2250. The van der Waals surface area contributed by atoms with Gasteiger partial charge in [0.1, 0.15) is 5.75 Å². The highest BCUT2D eigenvalue weighted by Gasteiger charge is 2.48. The molecule has 1 atom stereocenters. The second-order valence-electron chi connectivity index (χ2n) is 13.7. The fourth-order valence-electron chi connectivity index (χ4n) is 7.53. The fraction of sp³-hybridized carbons (Fsp3) is 0.359. The van der Waals surface area contributed by atoms with E-state index < -0.39 is 17.7 Å². The number of fused-ring (bicyclic) bond motifs is 2. The molecule has 0 bridgehead atoms. The summed E-state index contributed by atoms with van der Waals surface area (Å²) in [7, 11) is 2.11. The number of aliphatic hydroxyl groups is 1. The number of carboxylic acids is 1. The summed E-state index contributed by atoms with van der Waals surface area (Å²) in [5, 5.41) is 39.1. The highest BCUT2D eigenvalue weighted by molar-refractivity contribution is 7.12. The first-order valence-electron chi connectivity index (χ1n) is 17.8.